The Morgan fingerprint density at radius 3 is 2.25 bits per heavy atom. The highest BCUT2D eigenvalue weighted by molar-refractivity contribution is 5.95. The lowest BCUT2D eigenvalue weighted by atomic mass is 9.92. The van der Waals surface area contributed by atoms with Crippen LogP contribution in [0, 0.1) is 24.1 Å². The predicted molar refractivity (Wildman–Crippen MR) is 170 cm³/mol. The fourth-order valence-corrected chi connectivity index (χ4v) is 4.64. The largest absolute Gasteiger partial charge is 0.505 e. The summed E-state index contributed by atoms with van der Waals surface area (Å²) in [6, 6.07) is 3.58. The summed E-state index contributed by atoms with van der Waals surface area (Å²) in [6.07, 6.45) is 25.9. The summed E-state index contributed by atoms with van der Waals surface area (Å²) < 4.78 is 29.6. The van der Waals surface area contributed by atoms with E-state index in [2.05, 4.69) is 31.1 Å². The minimum absolute atomic E-state index is 0.151. The van der Waals surface area contributed by atoms with Crippen LogP contribution < -0.4 is 0 Å². The van der Waals surface area contributed by atoms with E-state index in [-0.39, 0.29) is 17.4 Å². The summed E-state index contributed by atoms with van der Waals surface area (Å²) in [6.45, 7) is 7.86. The Kier molecular flexibility index (Phi) is 13.7. The molecule has 44 heavy (non-hydrogen) atoms. The first kappa shape index (κ1) is 35.7. The molecule has 0 radical (unpaired) electrons. The van der Waals surface area contributed by atoms with E-state index in [1.807, 2.05) is 39.8 Å². The molecule has 0 fully saturated rings. The van der Waals surface area contributed by atoms with Crippen LogP contribution >= 0.6 is 0 Å². The Bertz CT molecular complexity index is 1400. The minimum Gasteiger partial charge on any atom is -0.505 e. The molecule has 1 aromatic carbocycles. The molecule has 8 heteroatoms. The molecule has 0 saturated carbocycles. The lowest BCUT2D eigenvalue weighted by molar-refractivity contribution is -0.148. The van der Waals surface area contributed by atoms with Crippen molar-refractivity contribution < 1.29 is 33.3 Å². The number of aromatic hydroxyl groups is 1. The average Bonchev–Trinajstić information content (AvgIpc) is 3.35. The van der Waals surface area contributed by atoms with Crippen LogP contribution in [0.5, 0.6) is 5.75 Å². The van der Waals surface area contributed by atoms with Gasteiger partial charge in [-0.15, -0.1) is 12.8 Å². The number of phenolic OH excluding ortho intramolecular Hbond substituents is 1. The Hall–Kier alpha value is -4.51. The van der Waals surface area contributed by atoms with Crippen molar-refractivity contribution in [2.75, 3.05) is 20.8 Å². The number of terminal acetylenes is 1. The molecule has 0 aromatic heterocycles. The Morgan fingerprint density at radius 2 is 1.66 bits per heavy atom. The van der Waals surface area contributed by atoms with Gasteiger partial charge < -0.3 is 24.2 Å². The van der Waals surface area contributed by atoms with Crippen molar-refractivity contribution in [3.8, 4) is 18.6 Å². The van der Waals surface area contributed by atoms with Crippen LogP contribution in [0.15, 0.2) is 88.8 Å². The number of rotatable bonds is 6. The number of carbonyl (C=O) groups excluding carboxylic acids is 2. The number of ether oxygens (including phenoxy) is 3. The van der Waals surface area contributed by atoms with Crippen molar-refractivity contribution in [1.82, 2.24) is 4.90 Å². The van der Waals surface area contributed by atoms with Crippen LogP contribution in [0.1, 0.15) is 76.6 Å². The number of hydrogen-bond donors (Lipinski definition) is 1. The number of phenols is 1. The Morgan fingerprint density at radius 1 is 1.00 bits per heavy atom. The van der Waals surface area contributed by atoms with E-state index in [1.165, 1.54) is 48.1 Å². The number of esters is 1. The number of likely N-dealkylation sites (N-methyl/N-ethyl adjacent to an activating group) is 1. The quantitative estimate of drug-likeness (QED) is 0.262. The molecule has 0 bridgehead atoms. The van der Waals surface area contributed by atoms with Gasteiger partial charge in [0, 0.05) is 30.3 Å². The van der Waals surface area contributed by atoms with E-state index < -0.39 is 17.0 Å². The van der Waals surface area contributed by atoms with E-state index in [0.717, 1.165) is 31.1 Å². The van der Waals surface area contributed by atoms with Gasteiger partial charge in [-0.2, -0.15) is 0 Å². The van der Waals surface area contributed by atoms with Crippen LogP contribution in [-0.2, 0) is 19.0 Å². The molecule has 3 aliphatic carbocycles. The monoisotopic (exact) mass is 605 g/mol. The normalized spacial score (nSPS) is 15.9. The van der Waals surface area contributed by atoms with E-state index in [1.54, 1.807) is 13.2 Å². The summed E-state index contributed by atoms with van der Waals surface area (Å²) in [5, 5.41) is 9.27. The summed E-state index contributed by atoms with van der Waals surface area (Å²) in [5.41, 5.74) is 3.12. The minimum atomic E-state index is -0.830. The Balaban J connectivity index is 0.000000301. The molecule has 236 valence electrons. The molecule has 0 aliphatic heterocycles. The predicted octanol–water partition coefficient (Wildman–Crippen LogP) is 7.88. The highest BCUT2D eigenvalue weighted by Crippen LogP contribution is 2.31. The fourth-order valence-electron chi connectivity index (χ4n) is 4.64. The van der Waals surface area contributed by atoms with Gasteiger partial charge in [0.1, 0.15) is 5.76 Å². The first-order valence-corrected chi connectivity index (χ1v) is 14.6. The van der Waals surface area contributed by atoms with Crippen molar-refractivity contribution in [1.29, 1.82) is 0 Å². The maximum absolute atomic E-state index is 13.5. The van der Waals surface area contributed by atoms with Gasteiger partial charge in [-0.25, -0.2) is 4.39 Å². The van der Waals surface area contributed by atoms with Crippen molar-refractivity contribution in [2.24, 2.45) is 5.41 Å². The van der Waals surface area contributed by atoms with Gasteiger partial charge >= 0.3 is 5.97 Å². The van der Waals surface area contributed by atoms with Gasteiger partial charge in [0.25, 0.3) is 5.91 Å². The molecular formula is C36H44FNO6. The topological polar surface area (TPSA) is 85.3 Å². The first-order valence-electron chi connectivity index (χ1n) is 14.6. The second-order valence-electron chi connectivity index (χ2n) is 11.2. The number of benzene rings is 1. The van der Waals surface area contributed by atoms with Gasteiger partial charge in [-0.3, -0.25) is 9.59 Å². The van der Waals surface area contributed by atoms with E-state index in [9.17, 15) is 19.1 Å². The van der Waals surface area contributed by atoms with Gasteiger partial charge in [0.2, 0.25) is 0 Å². The molecule has 1 amide bonds. The van der Waals surface area contributed by atoms with E-state index >= 15 is 0 Å². The van der Waals surface area contributed by atoms with Gasteiger partial charge in [-0.05, 0) is 101 Å². The fraction of sp³-hybridized carbons (Fsp3) is 0.389. The van der Waals surface area contributed by atoms with Crippen LogP contribution in [0.25, 0.3) is 0 Å². The zero-order valence-electron chi connectivity index (χ0n) is 26.6. The maximum atomic E-state index is 13.5. The molecule has 7 nitrogen and oxygen atoms in total. The summed E-state index contributed by atoms with van der Waals surface area (Å²) in [4.78, 5) is 26.1. The van der Waals surface area contributed by atoms with Gasteiger partial charge in [0.15, 0.2) is 23.1 Å². The lowest BCUT2D eigenvalue weighted by Gasteiger charge is -2.22. The number of hydrogen-bond acceptors (Lipinski definition) is 6. The van der Waals surface area contributed by atoms with Crippen molar-refractivity contribution >= 4 is 11.9 Å². The van der Waals surface area contributed by atoms with Crippen molar-refractivity contribution in [2.45, 2.75) is 66.2 Å². The zero-order chi connectivity index (χ0) is 32.9. The maximum Gasteiger partial charge on any atom is 0.316 e. The lowest BCUT2D eigenvalue weighted by Crippen LogP contribution is -2.29. The number of halogens is 1. The van der Waals surface area contributed by atoms with Crippen LogP contribution in [0.2, 0.25) is 0 Å². The average molecular weight is 606 g/mol. The van der Waals surface area contributed by atoms with Crippen molar-refractivity contribution in [3.05, 3.63) is 100 Å². The number of methoxy groups -OCH3 is 2. The number of nitrogens with zero attached hydrogens (tertiary/aromatic N) is 1. The highest BCUT2D eigenvalue weighted by atomic mass is 19.1. The third-order valence-electron chi connectivity index (χ3n) is 7.02. The van der Waals surface area contributed by atoms with Crippen molar-refractivity contribution in [3.63, 3.8) is 0 Å². The second kappa shape index (κ2) is 17.0. The molecule has 0 saturated heterocycles. The van der Waals surface area contributed by atoms with E-state index in [4.69, 9.17) is 14.2 Å². The van der Waals surface area contributed by atoms with Crippen LogP contribution in [-0.4, -0.2) is 42.6 Å². The molecule has 0 spiro atoms. The molecule has 4 rings (SSSR count). The number of allylic oxidation sites excluding steroid dienone is 8. The summed E-state index contributed by atoms with van der Waals surface area (Å²) in [7, 11) is 3.07. The van der Waals surface area contributed by atoms with E-state index in [0.29, 0.717) is 30.2 Å². The summed E-state index contributed by atoms with van der Waals surface area (Å²) >= 11 is 0. The zero-order valence-corrected chi connectivity index (χ0v) is 26.6. The Labute approximate surface area is 261 Å². The molecule has 0 unspecified atom stereocenters. The molecule has 1 N–H and O–H groups in total. The SMILES string of the molecule is C#C.CC(C)(C)C(=O)OC1=CC2=C(C=CC1)CCCC2.CCN(C(=O)c1ccc(O)c(F)c1)C1=CCC=C(OC)C(OC)=C1. The third-order valence-corrected chi connectivity index (χ3v) is 7.02. The first-order chi connectivity index (χ1) is 21.0. The highest BCUT2D eigenvalue weighted by Gasteiger charge is 2.25. The smallest absolute Gasteiger partial charge is 0.316 e. The molecule has 0 atom stereocenters. The molecular weight excluding hydrogens is 561 g/mol. The van der Waals surface area contributed by atoms with Gasteiger partial charge in [0.05, 0.1) is 19.6 Å². The number of amides is 1. The van der Waals surface area contributed by atoms with Crippen LogP contribution in [0.4, 0.5) is 4.39 Å². The third kappa shape index (κ3) is 9.77. The second-order valence-corrected chi connectivity index (χ2v) is 11.2. The standard InChI is InChI=1S/C18H20FNO4.C16H22O2.C2H2/c1-4-20(18(22)12-8-9-15(21)14(19)10-12)13-6-5-7-16(23-2)17(11-13)24-3;1-16(2,3)15(17)18-14-10-6-9-12-7-4-5-8-13(12)11-14;1-2/h6-11,21H,4-5H2,1-3H3;6,9,11H,4-5,7-8,10H2,1-3H3;1-2H. The molecule has 1 aromatic rings. The molecule has 3 aliphatic rings. The molecule has 0 heterocycles. The number of carbonyl (C=O) groups is 2. The van der Waals surface area contributed by atoms with Crippen LogP contribution in [0.3, 0.4) is 0 Å². The summed E-state index contributed by atoms with van der Waals surface area (Å²) in [5.74, 6) is 0.0459. The van der Waals surface area contributed by atoms with Gasteiger partial charge in [-0.1, -0.05) is 18.2 Å².